The van der Waals surface area contributed by atoms with E-state index in [1.165, 1.54) is 0 Å². The largest absolute Gasteiger partial charge is 0.480 e. The summed E-state index contributed by atoms with van der Waals surface area (Å²) >= 11 is 0. The van der Waals surface area contributed by atoms with Crippen LogP contribution in [-0.2, 0) is 9.59 Å². The Hall–Kier alpha value is -1.10. The topological polar surface area (TPSA) is 78.4 Å². The summed E-state index contributed by atoms with van der Waals surface area (Å²) in [6, 6.07) is -0.789. The van der Waals surface area contributed by atoms with E-state index in [1.54, 1.807) is 0 Å². The first kappa shape index (κ1) is 16.0. The van der Waals surface area contributed by atoms with Gasteiger partial charge in [-0.2, -0.15) is 0 Å². The summed E-state index contributed by atoms with van der Waals surface area (Å²) in [7, 11) is 0. The molecule has 3 atom stereocenters. The van der Waals surface area contributed by atoms with Gasteiger partial charge in [0.15, 0.2) is 0 Å². The number of carbonyl (C=O) groups excluding carboxylic acids is 1. The molecule has 0 aliphatic carbocycles. The first-order chi connectivity index (χ1) is 8.96. The van der Waals surface area contributed by atoms with E-state index in [9.17, 15) is 14.7 Å². The summed E-state index contributed by atoms with van der Waals surface area (Å²) in [4.78, 5) is 23.8. The monoisotopic (exact) mass is 270 g/mol. The van der Waals surface area contributed by atoms with Crippen LogP contribution < -0.4 is 10.6 Å². The minimum absolute atomic E-state index is 0.0631. The van der Waals surface area contributed by atoms with Gasteiger partial charge in [-0.25, -0.2) is 4.79 Å². The molecule has 0 bridgehead atoms. The van der Waals surface area contributed by atoms with E-state index >= 15 is 0 Å². The molecule has 5 nitrogen and oxygen atoms in total. The molecular formula is C14H26N2O3. The molecule has 0 radical (unpaired) electrons. The Labute approximate surface area is 115 Å². The molecule has 1 amide bonds. The predicted molar refractivity (Wildman–Crippen MR) is 73.8 cm³/mol. The Bertz CT molecular complexity index is 325. The van der Waals surface area contributed by atoms with Gasteiger partial charge in [-0.3, -0.25) is 4.79 Å². The second-order valence-electron chi connectivity index (χ2n) is 5.59. The van der Waals surface area contributed by atoms with E-state index in [2.05, 4.69) is 10.6 Å². The number of carboxylic acid groups (broad SMARTS) is 1. The minimum atomic E-state index is -0.947. The van der Waals surface area contributed by atoms with Crippen LogP contribution in [0.1, 0.15) is 46.5 Å². The second-order valence-corrected chi connectivity index (χ2v) is 5.59. The van der Waals surface area contributed by atoms with Crippen molar-refractivity contribution in [3.8, 4) is 0 Å². The summed E-state index contributed by atoms with van der Waals surface area (Å²) in [6.07, 6.45) is 3.25. The van der Waals surface area contributed by atoms with E-state index in [1.807, 2.05) is 20.8 Å². The third-order valence-electron chi connectivity index (χ3n) is 4.40. The Morgan fingerprint density at radius 1 is 1.42 bits per heavy atom. The summed E-state index contributed by atoms with van der Waals surface area (Å²) in [5.74, 6) is -1.13. The number of aliphatic carboxylic acids is 1. The van der Waals surface area contributed by atoms with Gasteiger partial charge < -0.3 is 15.7 Å². The second kappa shape index (κ2) is 6.89. The van der Waals surface area contributed by atoms with E-state index in [0.29, 0.717) is 6.54 Å². The fourth-order valence-electron chi connectivity index (χ4n) is 2.60. The van der Waals surface area contributed by atoms with Crippen molar-refractivity contribution in [2.75, 3.05) is 13.1 Å². The lowest BCUT2D eigenvalue weighted by atomic mass is 9.77. The maximum absolute atomic E-state index is 12.5. The van der Waals surface area contributed by atoms with Gasteiger partial charge in [0.1, 0.15) is 6.04 Å². The molecule has 1 saturated heterocycles. The zero-order valence-electron chi connectivity index (χ0n) is 12.2. The fourth-order valence-corrected chi connectivity index (χ4v) is 2.60. The lowest BCUT2D eigenvalue weighted by Crippen LogP contribution is -2.55. The van der Waals surface area contributed by atoms with Crippen molar-refractivity contribution >= 4 is 11.9 Å². The first-order valence-electron chi connectivity index (χ1n) is 7.21. The third-order valence-corrected chi connectivity index (χ3v) is 4.40. The van der Waals surface area contributed by atoms with Crippen LogP contribution in [0.25, 0.3) is 0 Å². The molecule has 0 saturated carbocycles. The smallest absolute Gasteiger partial charge is 0.326 e. The standard InChI is InChI=1S/C14H26N2O3/c1-4-10(3)11(12(17)18)16-13(19)14(5-2)7-6-8-15-9-14/h10-11,15H,4-9H2,1-3H3,(H,16,19)(H,17,18)/t10-,11-,14?/m0/s1. The lowest BCUT2D eigenvalue weighted by Gasteiger charge is -2.36. The number of rotatable bonds is 6. The average molecular weight is 270 g/mol. The summed E-state index contributed by atoms with van der Waals surface area (Å²) in [5.41, 5.74) is -0.445. The molecule has 1 fully saturated rings. The van der Waals surface area contributed by atoms with Gasteiger partial charge in [0.2, 0.25) is 5.91 Å². The van der Waals surface area contributed by atoms with E-state index in [-0.39, 0.29) is 11.8 Å². The number of carbonyl (C=O) groups is 2. The number of hydrogen-bond acceptors (Lipinski definition) is 3. The van der Waals surface area contributed by atoms with Crippen LogP contribution in [0.15, 0.2) is 0 Å². The zero-order valence-corrected chi connectivity index (χ0v) is 12.2. The van der Waals surface area contributed by atoms with Crippen molar-refractivity contribution in [2.45, 2.75) is 52.5 Å². The fraction of sp³-hybridized carbons (Fsp3) is 0.857. The molecule has 0 spiro atoms. The van der Waals surface area contributed by atoms with Crippen LogP contribution in [0.5, 0.6) is 0 Å². The van der Waals surface area contributed by atoms with Crippen LogP contribution >= 0.6 is 0 Å². The Balaban J connectivity index is 2.77. The molecule has 1 unspecified atom stereocenters. The highest BCUT2D eigenvalue weighted by molar-refractivity contribution is 5.87. The minimum Gasteiger partial charge on any atom is -0.480 e. The van der Waals surface area contributed by atoms with Gasteiger partial charge in [-0.1, -0.05) is 27.2 Å². The number of amides is 1. The number of hydrogen-bond donors (Lipinski definition) is 3. The molecule has 5 heteroatoms. The quantitative estimate of drug-likeness (QED) is 0.681. The van der Waals surface area contributed by atoms with Crippen molar-refractivity contribution < 1.29 is 14.7 Å². The van der Waals surface area contributed by atoms with E-state index in [4.69, 9.17) is 0 Å². The number of piperidine rings is 1. The number of nitrogens with one attached hydrogen (secondary N) is 2. The average Bonchev–Trinajstić information content (AvgIpc) is 2.43. The van der Waals surface area contributed by atoms with Gasteiger partial charge in [-0.15, -0.1) is 0 Å². The van der Waals surface area contributed by atoms with Crippen molar-refractivity contribution in [2.24, 2.45) is 11.3 Å². The van der Waals surface area contributed by atoms with Crippen LogP contribution in [-0.4, -0.2) is 36.1 Å². The molecule has 0 aromatic heterocycles. The van der Waals surface area contributed by atoms with Crippen LogP contribution in [0.4, 0.5) is 0 Å². The molecule has 3 N–H and O–H groups in total. The number of carboxylic acids is 1. The SMILES string of the molecule is CC[C@H](C)[C@H](NC(=O)C1(CC)CCCNC1)C(=O)O. The van der Waals surface area contributed by atoms with Gasteiger partial charge in [-0.05, 0) is 31.7 Å². The van der Waals surface area contributed by atoms with E-state index < -0.39 is 17.4 Å². The summed E-state index contributed by atoms with van der Waals surface area (Å²) in [6.45, 7) is 7.36. The molecule has 0 aromatic rings. The van der Waals surface area contributed by atoms with Crippen LogP contribution in [0, 0.1) is 11.3 Å². The van der Waals surface area contributed by atoms with Crippen LogP contribution in [0.2, 0.25) is 0 Å². The molecule has 1 aliphatic heterocycles. The predicted octanol–water partition coefficient (Wildman–Crippen LogP) is 1.38. The molecule has 1 heterocycles. The molecule has 0 aromatic carbocycles. The summed E-state index contributed by atoms with van der Waals surface area (Å²) < 4.78 is 0. The van der Waals surface area contributed by atoms with Crippen molar-refractivity contribution in [3.05, 3.63) is 0 Å². The van der Waals surface area contributed by atoms with Crippen molar-refractivity contribution in [1.82, 2.24) is 10.6 Å². The Morgan fingerprint density at radius 3 is 2.53 bits per heavy atom. The van der Waals surface area contributed by atoms with Crippen LogP contribution in [0.3, 0.4) is 0 Å². The normalized spacial score (nSPS) is 26.5. The van der Waals surface area contributed by atoms with Gasteiger partial charge >= 0.3 is 5.97 Å². The van der Waals surface area contributed by atoms with Crippen molar-refractivity contribution in [1.29, 1.82) is 0 Å². The lowest BCUT2D eigenvalue weighted by molar-refractivity contribution is -0.146. The molecule has 110 valence electrons. The van der Waals surface area contributed by atoms with Crippen molar-refractivity contribution in [3.63, 3.8) is 0 Å². The summed E-state index contributed by atoms with van der Waals surface area (Å²) in [5, 5.41) is 15.2. The van der Waals surface area contributed by atoms with Gasteiger partial charge in [0.25, 0.3) is 0 Å². The first-order valence-corrected chi connectivity index (χ1v) is 7.21. The third kappa shape index (κ3) is 3.69. The van der Waals surface area contributed by atoms with E-state index in [0.717, 1.165) is 32.2 Å². The van der Waals surface area contributed by atoms with Gasteiger partial charge in [0, 0.05) is 6.54 Å². The maximum atomic E-state index is 12.5. The maximum Gasteiger partial charge on any atom is 0.326 e. The van der Waals surface area contributed by atoms with Gasteiger partial charge in [0.05, 0.1) is 5.41 Å². The highest BCUT2D eigenvalue weighted by Gasteiger charge is 2.40. The molecular weight excluding hydrogens is 244 g/mol. The zero-order chi connectivity index (χ0) is 14.5. The highest BCUT2D eigenvalue weighted by Crippen LogP contribution is 2.30. The Kier molecular flexibility index (Phi) is 5.79. The highest BCUT2D eigenvalue weighted by atomic mass is 16.4. The molecule has 1 rings (SSSR count). The molecule has 1 aliphatic rings. The Morgan fingerprint density at radius 2 is 2.11 bits per heavy atom. The molecule has 19 heavy (non-hydrogen) atoms.